The van der Waals surface area contributed by atoms with E-state index in [1.54, 1.807) is 13.8 Å². The fourth-order valence-corrected chi connectivity index (χ4v) is 1.59. The van der Waals surface area contributed by atoms with Crippen LogP contribution in [0.15, 0.2) is 6.07 Å². The van der Waals surface area contributed by atoms with Gasteiger partial charge in [0.05, 0.1) is 0 Å². The van der Waals surface area contributed by atoms with Gasteiger partial charge in [0.15, 0.2) is 17.5 Å². The molecule has 0 bridgehead atoms. The summed E-state index contributed by atoms with van der Waals surface area (Å²) in [6.45, 7) is 5.62. The van der Waals surface area contributed by atoms with Gasteiger partial charge in [0.1, 0.15) is 0 Å². The van der Waals surface area contributed by atoms with Crippen LogP contribution in [0, 0.1) is 24.4 Å². The summed E-state index contributed by atoms with van der Waals surface area (Å²) in [5, 5.41) is 0. The van der Waals surface area contributed by atoms with E-state index < -0.39 is 23.4 Å². The highest BCUT2D eigenvalue weighted by Gasteiger charge is 2.22. The second-order valence-corrected chi connectivity index (χ2v) is 3.64. The zero-order chi connectivity index (χ0) is 13.2. The summed E-state index contributed by atoms with van der Waals surface area (Å²) in [5.74, 6) is -4.69. The largest absolute Gasteiger partial charge is 0.339 e. The Labute approximate surface area is 98.0 Å². The molecule has 0 fully saturated rings. The molecular formula is C12H14F3NO. The van der Waals surface area contributed by atoms with Crippen LogP contribution in [-0.4, -0.2) is 23.9 Å². The van der Waals surface area contributed by atoms with E-state index in [1.807, 2.05) is 0 Å². The van der Waals surface area contributed by atoms with Gasteiger partial charge in [-0.2, -0.15) is 0 Å². The van der Waals surface area contributed by atoms with E-state index in [0.717, 1.165) is 6.07 Å². The zero-order valence-corrected chi connectivity index (χ0v) is 9.98. The Kier molecular flexibility index (Phi) is 4.15. The van der Waals surface area contributed by atoms with Crippen molar-refractivity contribution in [2.24, 2.45) is 0 Å². The molecule has 1 rings (SSSR count). The molecule has 0 unspecified atom stereocenters. The van der Waals surface area contributed by atoms with Crippen LogP contribution in [0.3, 0.4) is 0 Å². The fraction of sp³-hybridized carbons (Fsp3) is 0.417. The van der Waals surface area contributed by atoms with Crippen LogP contribution in [-0.2, 0) is 0 Å². The van der Waals surface area contributed by atoms with Gasteiger partial charge in [-0.05, 0) is 26.8 Å². The molecule has 17 heavy (non-hydrogen) atoms. The maximum Gasteiger partial charge on any atom is 0.254 e. The highest BCUT2D eigenvalue weighted by Crippen LogP contribution is 2.20. The second-order valence-electron chi connectivity index (χ2n) is 3.64. The number of hydrogen-bond donors (Lipinski definition) is 0. The number of benzene rings is 1. The van der Waals surface area contributed by atoms with Crippen LogP contribution in [0.1, 0.15) is 29.8 Å². The molecule has 0 aliphatic heterocycles. The monoisotopic (exact) mass is 245 g/mol. The molecule has 0 aliphatic carbocycles. The van der Waals surface area contributed by atoms with Gasteiger partial charge >= 0.3 is 0 Å². The van der Waals surface area contributed by atoms with Crippen LogP contribution in [0.2, 0.25) is 0 Å². The topological polar surface area (TPSA) is 20.3 Å². The van der Waals surface area contributed by atoms with E-state index in [9.17, 15) is 18.0 Å². The number of halogens is 3. The molecule has 1 amide bonds. The predicted octanol–water partition coefficient (Wildman–Crippen LogP) is 2.89. The third-order valence-electron chi connectivity index (χ3n) is 2.69. The summed E-state index contributed by atoms with van der Waals surface area (Å²) in [7, 11) is 0. The van der Waals surface area contributed by atoms with Crippen molar-refractivity contribution in [3.8, 4) is 0 Å². The molecule has 5 heteroatoms. The molecule has 1 aromatic rings. The van der Waals surface area contributed by atoms with Crippen LogP contribution in [0.25, 0.3) is 0 Å². The predicted molar refractivity (Wildman–Crippen MR) is 58.3 cm³/mol. The SMILES string of the molecule is CCN(CC)C(=O)c1cc(F)c(F)c(F)c1C. The van der Waals surface area contributed by atoms with Crippen LogP contribution in [0.4, 0.5) is 13.2 Å². The molecule has 0 radical (unpaired) electrons. The molecular weight excluding hydrogens is 231 g/mol. The summed E-state index contributed by atoms with van der Waals surface area (Å²) >= 11 is 0. The third-order valence-corrected chi connectivity index (χ3v) is 2.69. The van der Waals surface area contributed by atoms with E-state index in [1.165, 1.54) is 11.8 Å². The van der Waals surface area contributed by atoms with Gasteiger partial charge in [0.2, 0.25) is 0 Å². The number of hydrogen-bond acceptors (Lipinski definition) is 1. The average Bonchev–Trinajstić information content (AvgIpc) is 2.32. The Morgan fingerprint density at radius 3 is 2.18 bits per heavy atom. The highest BCUT2D eigenvalue weighted by atomic mass is 19.2. The van der Waals surface area contributed by atoms with Gasteiger partial charge in [0.25, 0.3) is 5.91 Å². The van der Waals surface area contributed by atoms with Gasteiger partial charge in [-0.3, -0.25) is 4.79 Å². The first kappa shape index (κ1) is 13.5. The number of amides is 1. The second kappa shape index (κ2) is 5.21. The maximum atomic E-state index is 13.3. The zero-order valence-electron chi connectivity index (χ0n) is 9.98. The Morgan fingerprint density at radius 1 is 1.18 bits per heavy atom. The molecule has 0 saturated heterocycles. The molecule has 0 heterocycles. The average molecular weight is 245 g/mol. The minimum absolute atomic E-state index is 0.134. The summed E-state index contributed by atoms with van der Waals surface area (Å²) in [4.78, 5) is 13.3. The molecule has 0 aromatic heterocycles. The van der Waals surface area contributed by atoms with Crippen molar-refractivity contribution >= 4 is 5.91 Å². The highest BCUT2D eigenvalue weighted by molar-refractivity contribution is 5.95. The van der Waals surface area contributed by atoms with Crippen molar-refractivity contribution < 1.29 is 18.0 Å². The van der Waals surface area contributed by atoms with Crippen molar-refractivity contribution in [1.29, 1.82) is 0 Å². The lowest BCUT2D eigenvalue weighted by molar-refractivity contribution is 0.0771. The number of rotatable bonds is 3. The smallest absolute Gasteiger partial charge is 0.254 e. The van der Waals surface area contributed by atoms with Gasteiger partial charge in [0, 0.05) is 24.2 Å². The summed E-state index contributed by atoms with van der Waals surface area (Å²) in [6, 6.07) is 0.744. The van der Waals surface area contributed by atoms with Gasteiger partial charge in [-0.1, -0.05) is 0 Å². The van der Waals surface area contributed by atoms with E-state index in [4.69, 9.17) is 0 Å². The van der Waals surface area contributed by atoms with E-state index in [2.05, 4.69) is 0 Å². The molecule has 2 nitrogen and oxygen atoms in total. The van der Waals surface area contributed by atoms with Gasteiger partial charge in [-0.25, -0.2) is 13.2 Å². The lowest BCUT2D eigenvalue weighted by Crippen LogP contribution is -2.31. The van der Waals surface area contributed by atoms with E-state index in [-0.39, 0.29) is 11.1 Å². The first-order valence-corrected chi connectivity index (χ1v) is 5.37. The Bertz CT molecular complexity index is 442. The van der Waals surface area contributed by atoms with Crippen molar-refractivity contribution in [3.05, 3.63) is 34.6 Å². The number of carbonyl (C=O) groups excluding carboxylic acids is 1. The quantitative estimate of drug-likeness (QED) is 0.750. The van der Waals surface area contributed by atoms with Gasteiger partial charge in [-0.15, -0.1) is 0 Å². The summed E-state index contributed by atoms with van der Waals surface area (Å²) < 4.78 is 39.3. The van der Waals surface area contributed by atoms with Crippen LogP contribution < -0.4 is 0 Å². The molecule has 0 saturated carbocycles. The van der Waals surface area contributed by atoms with E-state index in [0.29, 0.717) is 13.1 Å². The first-order valence-electron chi connectivity index (χ1n) is 5.37. The van der Waals surface area contributed by atoms with Crippen LogP contribution >= 0.6 is 0 Å². The lowest BCUT2D eigenvalue weighted by Gasteiger charge is -2.20. The molecule has 0 spiro atoms. The molecule has 0 N–H and O–H groups in total. The molecule has 1 aromatic carbocycles. The van der Waals surface area contributed by atoms with E-state index >= 15 is 0 Å². The Morgan fingerprint density at radius 2 is 1.71 bits per heavy atom. The standard InChI is InChI=1S/C12H14F3NO/c1-4-16(5-2)12(17)8-6-9(13)11(15)10(14)7(8)3/h6H,4-5H2,1-3H3. The first-order chi connectivity index (χ1) is 7.93. The summed E-state index contributed by atoms with van der Waals surface area (Å²) in [6.07, 6.45) is 0. The fourth-order valence-electron chi connectivity index (χ4n) is 1.59. The van der Waals surface area contributed by atoms with Crippen molar-refractivity contribution in [2.75, 3.05) is 13.1 Å². The molecule has 0 atom stereocenters. The minimum atomic E-state index is -1.54. The van der Waals surface area contributed by atoms with Gasteiger partial charge < -0.3 is 4.90 Å². The number of nitrogens with zero attached hydrogens (tertiary/aromatic N) is 1. The number of carbonyl (C=O) groups is 1. The maximum absolute atomic E-state index is 13.3. The van der Waals surface area contributed by atoms with Crippen molar-refractivity contribution in [3.63, 3.8) is 0 Å². The van der Waals surface area contributed by atoms with Crippen LogP contribution in [0.5, 0.6) is 0 Å². The Hall–Kier alpha value is -1.52. The normalized spacial score (nSPS) is 10.5. The lowest BCUT2D eigenvalue weighted by atomic mass is 10.1. The Balaban J connectivity index is 3.28. The van der Waals surface area contributed by atoms with Crippen molar-refractivity contribution in [1.82, 2.24) is 4.90 Å². The van der Waals surface area contributed by atoms with Crippen molar-refractivity contribution in [2.45, 2.75) is 20.8 Å². The molecule has 94 valence electrons. The minimum Gasteiger partial charge on any atom is -0.339 e. The summed E-state index contributed by atoms with van der Waals surface area (Å²) in [5.41, 5.74) is -0.300. The third kappa shape index (κ3) is 2.43. The molecule has 0 aliphatic rings.